The summed E-state index contributed by atoms with van der Waals surface area (Å²) in [5.41, 5.74) is 1.26. The van der Waals surface area contributed by atoms with Crippen molar-refractivity contribution < 1.29 is 9.53 Å². The Hall–Kier alpha value is -2.56. The quantitative estimate of drug-likeness (QED) is 0.931. The van der Waals surface area contributed by atoms with Crippen LogP contribution in [0, 0.1) is 0 Å². The number of hydrogen-bond acceptors (Lipinski definition) is 4. The first-order valence-corrected chi connectivity index (χ1v) is 8.44. The lowest BCUT2D eigenvalue weighted by atomic mass is 10.2. The Labute approximate surface area is 142 Å². The molecular formula is C19H23N3O2. The second-order valence-corrected chi connectivity index (χ2v) is 5.93. The van der Waals surface area contributed by atoms with Crippen LogP contribution in [0.5, 0.6) is 5.75 Å². The number of methoxy groups -OCH3 is 1. The fraction of sp³-hybridized carbons (Fsp3) is 0.368. The van der Waals surface area contributed by atoms with Gasteiger partial charge in [0.1, 0.15) is 11.6 Å². The van der Waals surface area contributed by atoms with E-state index in [1.807, 2.05) is 30.3 Å². The molecule has 1 amide bonds. The number of benzene rings is 1. The first-order valence-electron chi connectivity index (χ1n) is 8.44. The van der Waals surface area contributed by atoms with E-state index in [2.05, 4.69) is 15.2 Å². The van der Waals surface area contributed by atoms with E-state index in [9.17, 15) is 4.79 Å². The van der Waals surface area contributed by atoms with Crippen molar-refractivity contribution in [2.24, 2.45) is 0 Å². The molecule has 1 saturated heterocycles. The number of pyridine rings is 1. The highest BCUT2D eigenvalue weighted by molar-refractivity contribution is 6.08. The van der Waals surface area contributed by atoms with E-state index in [-0.39, 0.29) is 5.91 Å². The second-order valence-electron chi connectivity index (χ2n) is 5.93. The molecule has 2 aromatic rings. The van der Waals surface area contributed by atoms with E-state index >= 15 is 0 Å². The summed E-state index contributed by atoms with van der Waals surface area (Å²) in [5.74, 6) is 1.25. The van der Waals surface area contributed by atoms with Gasteiger partial charge < -0.3 is 15.0 Å². The van der Waals surface area contributed by atoms with E-state index in [0.717, 1.165) is 31.7 Å². The third kappa shape index (κ3) is 3.67. The Morgan fingerprint density at radius 2 is 1.83 bits per heavy atom. The maximum absolute atomic E-state index is 12.8. The molecule has 0 atom stereocenters. The number of nitrogens with zero attached hydrogens (tertiary/aromatic N) is 2. The number of rotatable bonds is 4. The highest BCUT2D eigenvalue weighted by Gasteiger charge is 2.19. The van der Waals surface area contributed by atoms with Crippen molar-refractivity contribution in [2.75, 3.05) is 30.4 Å². The lowest BCUT2D eigenvalue weighted by Crippen LogP contribution is -2.28. The number of amides is 1. The maximum atomic E-state index is 12.8. The molecular weight excluding hydrogens is 302 g/mol. The first-order chi connectivity index (χ1) is 11.8. The molecule has 0 bridgehead atoms. The zero-order chi connectivity index (χ0) is 16.8. The van der Waals surface area contributed by atoms with Crippen molar-refractivity contribution in [3.63, 3.8) is 0 Å². The van der Waals surface area contributed by atoms with E-state index < -0.39 is 0 Å². The average molecular weight is 325 g/mol. The molecule has 1 fully saturated rings. The summed E-state index contributed by atoms with van der Waals surface area (Å²) < 4.78 is 5.30. The van der Waals surface area contributed by atoms with Crippen molar-refractivity contribution in [1.29, 1.82) is 0 Å². The van der Waals surface area contributed by atoms with Crippen LogP contribution in [0.25, 0.3) is 0 Å². The van der Waals surface area contributed by atoms with Crippen LogP contribution in [0.3, 0.4) is 0 Å². The lowest BCUT2D eigenvalue weighted by molar-refractivity contribution is 0.102. The van der Waals surface area contributed by atoms with Gasteiger partial charge in [0, 0.05) is 19.3 Å². The van der Waals surface area contributed by atoms with Gasteiger partial charge in [0.25, 0.3) is 5.91 Å². The number of carbonyl (C=O) groups is 1. The van der Waals surface area contributed by atoms with Crippen LogP contribution in [-0.2, 0) is 0 Å². The normalized spacial score (nSPS) is 14.8. The number of aromatic nitrogens is 1. The fourth-order valence-corrected chi connectivity index (χ4v) is 3.05. The molecule has 1 N–H and O–H groups in total. The van der Waals surface area contributed by atoms with Crippen LogP contribution >= 0.6 is 0 Å². The molecule has 0 saturated carbocycles. The van der Waals surface area contributed by atoms with Crippen molar-refractivity contribution in [3.05, 3.63) is 48.2 Å². The first kappa shape index (κ1) is 16.3. The summed E-state index contributed by atoms with van der Waals surface area (Å²) >= 11 is 0. The van der Waals surface area contributed by atoms with Gasteiger partial charge in [0.2, 0.25) is 0 Å². The van der Waals surface area contributed by atoms with Gasteiger partial charge in [0.05, 0.1) is 18.4 Å². The van der Waals surface area contributed by atoms with Gasteiger partial charge in [-0.2, -0.15) is 0 Å². The summed E-state index contributed by atoms with van der Waals surface area (Å²) in [7, 11) is 1.59. The molecule has 1 aromatic carbocycles. The fourth-order valence-electron chi connectivity index (χ4n) is 3.05. The average Bonchev–Trinajstić information content (AvgIpc) is 2.91. The molecule has 3 rings (SSSR count). The topological polar surface area (TPSA) is 54.5 Å². The third-order valence-corrected chi connectivity index (χ3v) is 4.29. The molecule has 1 aromatic heterocycles. The minimum atomic E-state index is -0.160. The molecule has 0 aliphatic carbocycles. The minimum absolute atomic E-state index is 0.160. The van der Waals surface area contributed by atoms with Crippen LogP contribution in [0.2, 0.25) is 0 Å². The Balaban J connectivity index is 1.84. The smallest absolute Gasteiger partial charge is 0.259 e. The highest BCUT2D eigenvalue weighted by Crippen LogP contribution is 2.26. The summed E-state index contributed by atoms with van der Waals surface area (Å²) in [6.45, 7) is 1.90. The van der Waals surface area contributed by atoms with Crippen LogP contribution in [0.15, 0.2) is 42.6 Å². The Bertz CT molecular complexity index is 695. The number of nitrogens with one attached hydrogen (secondary N) is 1. The van der Waals surface area contributed by atoms with Gasteiger partial charge in [-0.05, 0) is 37.1 Å². The number of hydrogen-bond donors (Lipinski definition) is 1. The van der Waals surface area contributed by atoms with E-state index in [1.165, 1.54) is 12.8 Å². The SMILES string of the molecule is COc1ccccc1NC(=O)c1cccnc1N1CCCCCC1. The van der Waals surface area contributed by atoms with Gasteiger partial charge in [-0.15, -0.1) is 0 Å². The van der Waals surface area contributed by atoms with E-state index in [0.29, 0.717) is 17.0 Å². The summed E-state index contributed by atoms with van der Waals surface area (Å²) in [4.78, 5) is 19.5. The van der Waals surface area contributed by atoms with Crippen molar-refractivity contribution in [2.45, 2.75) is 25.7 Å². The van der Waals surface area contributed by atoms with Gasteiger partial charge in [-0.25, -0.2) is 4.98 Å². The summed E-state index contributed by atoms with van der Waals surface area (Å²) in [6.07, 6.45) is 6.52. The zero-order valence-electron chi connectivity index (χ0n) is 14.0. The molecule has 5 heteroatoms. The van der Waals surface area contributed by atoms with Gasteiger partial charge in [-0.3, -0.25) is 4.79 Å². The van der Waals surface area contributed by atoms with Crippen LogP contribution < -0.4 is 15.0 Å². The monoisotopic (exact) mass is 325 g/mol. The third-order valence-electron chi connectivity index (χ3n) is 4.29. The number of anilines is 2. The molecule has 1 aliphatic rings. The van der Waals surface area contributed by atoms with Crippen molar-refractivity contribution in [3.8, 4) is 5.75 Å². The zero-order valence-corrected chi connectivity index (χ0v) is 14.0. The number of para-hydroxylation sites is 2. The Morgan fingerprint density at radius 1 is 1.08 bits per heavy atom. The molecule has 2 heterocycles. The van der Waals surface area contributed by atoms with E-state index in [1.54, 1.807) is 19.4 Å². The molecule has 5 nitrogen and oxygen atoms in total. The summed E-state index contributed by atoms with van der Waals surface area (Å²) in [6, 6.07) is 11.0. The molecule has 24 heavy (non-hydrogen) atoms. The molecule has 0 unspecified atom stereocenters. The molecule has 0 spiro atoms. The predicted molar refractivity (Wildman–Crippen MR) is 95.9 cm³/mol. The number of carbonyl (C=O) groups excluding carboxylic acids is 1. The lowest BCUT2D eigenvalue weighted by Gasteiger charge is -2.23. The largest absolute Gasteiger partial charge is 0.495 e. The van der Waals surface area contributed by atoms with Gasteiger partial charge >= 0.3 is 0 Å². The van der Waals surface area contributed by atoms with Crippen molar-refractivity contribution in [1.82, 2.24) is 4.98 Å². The molecule has 1 aliphatic heterocycles. The van der Waals surface area contributed by atoms with Gasteiger partial charge in [-0.1, -0.05) is 25.0 Å². The van der Waals surface area contributed by atoms with Crippen LogP contribution in [0.4, 0.5) is 11.5 Å². The molecule has 0 radical (unpaired) electrons. The van der Waals surface area contributed by atoms with E-state index in [4.69, 9.17) is 4.74 Å². The van der Waals surface area contributed by atoms with Crippen LogP contribution in [-0.4, -0.2) is 31.1 Å². The highest BCUT2D eigenvalue weighted by atomic mass is 16.5. The summed E-state index contributed by atoms with van der Waals surface area (Å²) in [5, 5.41) is 2.94. The van der Waals surface area contributed by atoms with Gasteiger partial charge in [0.15, 0.2) is 0 Å². The number of ether oxygens (including phenoxy) is 1. The maximum Gasteiger partial charge on any atom is 0.259 e. The van der Waals surface area contributed by atoms with Crippen LogP contribution in [0.1, 0.15) is 36.0 Å². The second kappa shape index (κ2) is 7.81. The van der Waals surface area contributed by atoms with Crippen molar-refractivity contribution >= 4 is 17.4 Å². The standard InChI is InChI=1S/C19H23N3O2/c1-24-17-11-5-4-10-16(17)21-19(23)15-9-8-12-20-18(15)22-13-6-2-3-7-14-22/h4-5,8-12H,2-3,6-7,13-14H2,1H3,(H,21,23). The Kier molecular flexibility index (Phi) is 5.31. The minimum Gasteiger partial charge on any atom is -0.495 e. The Morgan fingerprint density at radius 3 is 2.58 bits per heavy atom. The predicted octanol–water partition coefficient (Wildman–Crippen LogP) is 3.72. The molecule has 126 valence electrons.